The molecule has 0 aliphatic carbocycles. The number of Topliss-reactive ketones (excluding diaryl/α,β-unsaturated/α-hetero) is 1. The number of benzene rings is 2. The number of nitrogens with one attached hydrogen (secondary N) is 1. The molecule has 7 nitrogen and oxygen atoms in total. The van der Waals surface area contributed by atoms with Gasteiger partial charge in [-0.15, -0.1) is 0 Å². The Labute approximate surface area is 166 Å². The fourth-order valence-electron chi connectivity index (χ4n) is 2.95. The Kier molecular flexibility index (Phi) is 5.46. The van der Waals surface area contributed by atoms with Crippen LogP contribution in [0.2, 0.25) is 5.02 Å². The van der Waals surface area contributed by atoms with Gasteiger partial charge in [-0.2, -0.15) is 5.10 Å². The van der Waals surface area contributed by atoms with Gasteiger partial charge in [0.25, 0.3) is 5.78 Å². The number of para-hydroxylation sites is 1. The van der Waals surface area contributed by atoms with E-state index < -0.39 is 23.2 Å². The molecule has 1 aliphatic rings. The molecular formula is C20H18ClN3O4. The standard InChI is InChI=1S/C20H18ClN3O4/c1-3-28-19(27)20(2)17(23-22-14-7-5-4-6-8-14)16(25)18(26)24(20)15-11-9-13(21)10-12-15/h4-12,22H,3H2,1-2H3/b23-17-/t20-/m0/s1. The summed E-state index contributed by atoms with van der Waals surface area (Å²) >= 11 is 5.92. The molecule has 3 rings (SSSR count). The van der Waals surface area contributed by atoms with E-state index in [0.717, 1.165) is 4.90 Å². The quantitative estimate of drug-likeness (QED) is 0.474. The molecule has 0 spiro atoms. The van der Waals surface area contributed by atoms with E-state index in [1.54, 1.807) is 55.5 Å². The van der Waals surface area contributed by atoms with Gasteiger partial charge >= 0.3 is 11.9 Å². The predicted octanol–water partition coefficient (Wildman–Crippen LogP) is 3.05. The highest BCUT2D eigenvalue weighted by atomic mass is 35.5. The van der Waals surface area contributed by atoms with Crippen molar-refractivity contribution < 1.29 is 19.1 Å². The Morgan fingerprint density at radius 1 is 1.14 bits per heavy atom. The van der Waals surface area contributed by atoms with E-state index >= 15 is 0 Å². The summed E-state index contributed by atoms with van der Waals surface area (Å²) in [4.78, 5) is 39.4. The molecule has 1 saturated heterocycles. The molecule has 1 fully saturated rings. The number of carbonyl (C=O) groups excluding carboxylic acids is 3. The number of carbonyl (C=O) groups is 3. The number of hydrogen-bond acceptors (Lipinski definition) is 6. The van der Waals surface area contributed by atoms with Crippen LogP contribution in [0.15, 0.2) is 59.7 Å². The third-order valence-corrected chi connectivity index (χ3v) is 4.60. The van der Waals surface area contributed by atoms with E-state index in [9.17, 15) is 14.4 Å². The number of halogens is 1. The van der Waals surface area contributed by atoms with Crippen LogP contribution < -0.4 is 10.3 Å². The van der Waals surface area contributed by atoms with Gasteiger partial charge in [0, 0.05) is 10.7 Å². The van der Waals surface area contributed by atoms with E-state index in [1.165, 1.54) is 6.92 Å². The zero-order chi connectivity index (χ0) is 20.3. The molecule has 28 heavy (non-hydrogen) atoms. The third-order valence-electron chi connectivity index (χ3n) is 4.35. The fraction of sp³-hybridized carbons (Fsp3) is 0.200. The number of hydrogen-bond donors (Lipinski definition) is 1. The zero-order valence-electron chi connectivity index (χ0n) is 15.3. The number of nitrogens with zero attached hydrogens (tertiary/aromatic N) is 2. The maximum Gasteiger partial charge on any atom is 0.338 e. The Morgan fingerprint density at radius 3 is 2.39 bits per heavy atom. The highest BCUT2D eigenvalue weighted by Crippen LogP contribution is 2.34. The molecule has 0 radical (unpaired) electrons. The molecule has 1 aliphatic heterocycles. The topological polar surface area (TPSA) is 88.1 Å². The molecule has 2 aromatic rings. The first-order chi connectivity index (χ1) is 13.4. The summed E-state index contributed by atoms with van der Waals surface area (Å²) < 4.78 is 5.16. The molecule has 0 aromatic heterocycles. The van der Waals surface area contributed by atoms with Crippen molar-refractivity contribution in [3.63, 3.8) is 0 Å². The number of esters is 1. The van der Waals surface area contributed by atoms with Gasteiger partial charge in [0.1, 0.15) is 0 Å². The van der Waals surface area contributed by atoms with Crippen molar-refractivity contribution in [1.29, 1.82) is 0 Å². The summed E-state index contributed by atoms with van der Waals surface area (Å²) in [5.74, 6) is -2.50. The van der Waals surface area contributed by atoms with E-state index in [0.29, 0.717) is 16.4 Å². The molecule has 1 amide bonds. The van der Waals surface area contributed by atoms with Gasteiger partial charge < -0.3 is 4.74 Å². The summed E-state index contributed by atoms with van der Waals surface area (Å²) in [5, 5.41) is 4.56. The highest BCUT2D eigenvalue weighted by molar-refractivity contribution is 6.75. The highest BCUT2D eigenvalue weighted by Gasteiger charge is 2.60. The van der Waals surface area contributed by atoms with Crippen molar-refractivity contribution in [3.05, 3.63) is 59.6 Å². The lowest BCUT2D eigenvalue weighted by Gasteiger charge is -2.31. The minimum absolute atomic E-state index is 0.0880. The molecule has 144 valence electrons. The van der Waals surface area contributed by atoms with Crippen LogP contribution in [0.4, 0.5) is 11.4 Å². The monoisotopic (exact) mass is 399 g/mol. The van der Waals surface area contributed by atoms with Gasteiger partial charge in [0.2, 0.25) is 0 Å². The summed E-state index contributed by atoms with van der Waals surface area (Å²) in [6.45, 7) is 3.17. The van der Waals surface area contributed by atoms with E-state index in [-0.39, 0.29) is 12.3 Å². The van der Waals surface area contributed by atoms with E-state index in [4.69, 9.17) is 16.3 Å². The number of amides is 1. The van der Waals surface area contributed by atoms with Gasteiger partial charge in [-0.05, 0) is 50.2 Å². The van der Waals surface area contributed by atoms with Gasteiger partial charge in [0.15, 0.2) is 11.3 Å². The second-order valence-electron chi connectivity index (χ2n) is 6.18. The van der Waals surface area contributed by atoms with E-state index in [1.807, 2.05) is 6.07 Å². The zero-order valence-corrected chi connectivity index (χ0v) is 16.1. The van der Waals surface area contributed by atoms with Crippen molar-refractivity contribution in [2.45, 2.75) is 19.4 Å². The number of ether oxygens (including phenoxy) is 1. The number of rotatable bonds is 5. The summed E-state index contributed by atoms with van der Waals surface area (Å²) in [5.41, 5.74) is 1.71. The van der Waals surface area contributed by atoms with Crippen LogP contribution in [0.3, 0.4) is 0 Å². The van der Waals surface area contributed by atoms with Crippen LogP contribution in [0.5, 0.6) is 0 Å². The molecule has 0 bridgehead atoms. The fourth-order valence-corrected chi connectivity index (χ4v) is 3.08. The smallest absolute Gasteiger partial charge is 0.338 e. The van der Waals surface area contributed by atoms with Gasteiger partial charge in [-0.25, -0.2) is 4.79 Å². The van der Waals surface area contributed by atoms with Gasteiger partial charge in [-0.3, -0.25) is 19.9 Å². The molecule has 8 heteroatoms. The van der Waals surface area contributed by atoms with Crippen LogP contribution in [0.25, 0.3) is 0 Å². The average molecular weight is 400 g/mol. The van der Waals surface area contributed by atoms with Crippen molar-refractivity contribution in [2.24, 2.45) is 5.10 Å². The normalized spacial score (nSPS) is 20.5. The number of anilines is 2. The van der Waals surface area contributed by atoms with Crippen LogP contribution in [-0.4, -0.2) is 35.5 Å². The maximum atomic E-state index is 12.8. The lowest BCUT2D eigenvalue weighted by molar-refractivity contribution is -0.147. The number of ketones is 1. The molecule has 1 atom stereocenters. The molecule has 1 heterocycles. The van der Waals surface area contributed by atoms with Crippen LogP contribution in [-0.2, 0) is 19.1 Å². The second kappa shape index (κ2) is 7.82. The first-order valence-corrected chi connectivity index (χ1v) is 8.98. The first kappa shape index (κ1) is 19.6. The Balaban J connectivity index is 2.09. The lowest BCUT2D eigenvalue weighted by Crippen LogP contribution is -2.55. The van der Waals surface area contributed by atoms with Crippen LogP contribution in [0, 0.1) is 0 Å². The van der Waals surface area contributed by atoms with Crippen LogP contribution >= 0.6 is 11.6 Å². The average Bonchev–Trinajstić information content (AvgIpc) is 2.89. The SMILES string of the molecule is CCOC(=O)[C@]1(C)/C(=N\Nc2ccccc2)C(=O)C(=O)N1c1ccc(Cl)cc1. The van der Waals surface area contributed by atoms with Crippen LogP contribution in [0.1, 0.15) is 13.8 Å². The predicted molar refractivity (Wildman–Crippen MR) is 106 cm³/mol. The van der Waals surface area contributed by atoms with Crippen molar-refractivity contribution >= 4 is 46.3 Å². The third kappa shape index (κ3) is 3.36. The van der Waals surface area contributed by atoms with Crippen molar-refractivity contribution in [1.82, 2.24) is 0 Å². The summed E-state index contributed by atoms with van der Waals surface area (Å²) in [6, 6.07) is 15.1. The molecular weight excluding hydrogens is 382 g/mol. The second-order valence-corrected chi connectivity index (χ2v) is 6.61. The molecule has 0 unspecified atom stereocenters. The minimum atomic E-state index is -1.72. The van der Waals surface area contributed by atoms with Gasteiger partial charge in [-0.1, -0.05) is 29.8 Å². The lowest BCUT2D eigenvalue weighted by atomic mass is 9.95. The Morgan fingerprint density at radius 2 is 1.79 bits per heavy atom. The molecule has 1 N–H and O–H groups in total. The van der Waals surface area contributed by atoms with E-state index in [2.05, 4.69) is 10.5 Å². The largest absolute Gasteiger partial charge is 0.464 e. The Bertz CT molecular complexity index is 944. The summed E-state index contributed by atoms with van der Waals surface area (Å²) in [7, 11) is 0. The molecule has 2 aromatic carbocycles. The van der Waals surface area contributed by atoms with Gasteiger partial charge in [0.05, 0.1) is 12.3 Å². The minimum Gasteiger partial charge on any atom is -0.464 e. The van der Waals surface area contributed by atoms with Crippen molar-refractivity contribution in [3.8, 4) is 0 Å². The van der Waals surface area contributed by atoms with Crippen molar-refractivity contribution in [2.75, 3.05) is 16.9 Å². The summed E-state index contributed by atoms with van der Waals surface area (Å²) in [6.07, 6.45) is 0. The number of hydrazone groups is 1. The Hall–Kier alpha value is -3.19. The first-order valence-electron chi connectivity index (χ1n) is 8.60. The molecule has 0 saturated carbocycles. The maximum absolute atomic E-state index is 12.8.